The second-order valence-corrected chi connectivity index (χ2v) is 4.36. The van der Waals surface area contributed by atoms with E-state index in [9.17, 15) is 0 Å². The molecule has 4 N–H and O–H groups in total. The van der Waals surface area contributed by atoms with E-state index in [1.807, 2.05) is 12.4 Å². The largest absolute Gasteiger partial charge is 0.395 e. The highest BCUT2D eigenvalue weighted by Gasteiger charge is 1.99. The molecule has 0 amide bonds. The lowest BCUT2D eigenvalue weighted by Gasteiger charge is -2.08. The first kappa shape index (κ1) is 14.8. The number of aliphatic hydroxyl groups is 1. The van der Waals surface area contributed by atoms with Crippen LogP contribution in [-0.2, 0) is 6.54 Å². The van der Waals surface area contributed by atoms with Gasteiger partial charge in [-0.15, -0.1) is 0 Å². The standard InChI is InChI=1S/C12H23N5O/c1-10(2)17-12-15-8-11(9-16-12)7-14-4-3-13-5-6-18/h8-10,13-14,18H,3-7H2,1-2H3,(H,15,16,17). The molecule has 1 rings (SSSR count). The molecule has 0 saturated carbocycles. The van der Waals surface area contributed by atoms with Gasteiger partial charge < -0.3 is 21.1 Å². The van der Waals surface area contributed by atoms with E-state index >= 15 is 0 Å². The Bertz CT molecular complexity index is 315. The van der Waals surface area contributed by atoms with Crippen molar-refractivity contribution in [3.63, 3.8) is 0 Å². The Balaban J connectivity index is 2.18. The lowest BCUT2D eigenvalue weighted by molar-refractivity contribution is 0.292. The van der Waals surface area contributed by atoms with Crippen molar-refractivity contribution in [2.45, 2.75) is 26.4 Å². The van der Waals surface area contributed by atoms with Crippen LogP contribution in [0.2, 0.25) is 0 Å². The Labute approximate surface area is 108 Å². The van der Waals surface area contributed by atoms with Crippen molar-refractivity contribution in [1.29, 1.82) is 0 Å². The molecule has 0 fully saturated rings. The molecule has 1 aromatic heterocycles. The number of aliphatic hydroxyl groups excluding tert-OH is 1. The van der Waals surface area contributed by atoms with E-state index in [0.29, 0.717) is 18.5 Å². The summed E-state index contributed by atoms with van der Waals surface area (Å²) < 4.78 is 0. The number of aromatic nitrogens is 2. The SMILES string of the molecule is CC(C)Nc1ncc(CNCCNCCO)cn1. The smallest absolute Gasteiger partial charge is 0.222 e. The second-order valence-electron chi connectivity index (χ2n) is 4.36. The van der Waals surface area contributed by atoms with Gasteiger partial charge in [0.15, 0.2) is 0 Å². The highest BCUT2D eigenvalue weighted by Crippen LogP contribution is 2.01. The van der Waals surface area contributed by atoms with Gasteiger partial charge >= 0.3 is 0 Å². The van der Waals surface area contributed by atoms with Crippen molar-refractivity contribution >= 4 is 5.95 Å². The van der Waals surface area contributed by atoms with E-state index in [4.69, 9.17) is 5.11 Å². The quantitative estimate of drug-likeness (QED) is 0.463. The molecule has 0 spiro atoms. The van der Waals surface area contributed by atoms with Gasteiger partial charge in [0.25, 0.3) is 0 Å². The van der Waals surface area contributed by atoms with Gasteiger partial charge in [-0.2, -0.15) is 0 Å². The van der Waals surface area contributed by atoms with Crippen LogP contribution in [0.25, 0.3) is 0 Å². The molecule has 0 unspecified atom stereocenters. The van der Waals surface area contributed by atoms with E-state index in [1.165, 1.54) is 0 Å². The lowest BCUT2D eigenvalue weighted by Crippen LogP contribution is -2.28. The molecule has 0 aliphatic carbocycles. The zero-order valence-electron chi connectivity index (χ0n) is 11.1. The Morgan fingerprint density at radius 1 is 1.11 bits per heavy atom. The van der Waals surface area contributed by atoms with Gasteiger partial charge in [-0.25, -0.2) is 9.97 Å². The van der Waals surface area contributed by atoms with E-state index in [2.05, 4.69) is 39.8 Å². The van der Waals surface area contributed by atoms with Gasteiger partial charge in [-0.1, -0.05) is 0 Å². The predicted octanol–water partition coefficient (Wildman–Crippen LogP) is -0.0316. The van der Waals surface area contributed by atoms with Crippen molar-refractivity contribution in [2.75, 3.05) is 31.6 Å². The maximum absolute atomic E-state index is 8.58. The molecule has 18 heavy (non-hydrogen) atoms. The monoisotopic (exact) mass is 253 g/mol. The van der Waals surface area contributed by atoms with Crippen molar-refractivity contribution in [1.82, 2.24) is 20.6 Å². The van der Waals surface area contributed by atoms with Crippen LogP contribution < -0.4 is 16.0 Å². The summed E-state index contributed by atoms with van der Waals surface area (Å²) in [5, 5.41) is 18.1. The molecule has 0 bridgehead atoms. The third-order valence-electron chi connectivity index (χ3n) is 2.22. The van der Waals surface area contributed by atoms with Crippen molar-refractivity contribution < 1.29 is 5.11 Å². The predicted molar refractivity (Wildman–Crippen MR) is 72.5 cm³/mol. The summed E-state index contributed by atoms with van der Waals surface area (Å²) in [6, 6.07) is 0.339. The summed E-state index contributed by atoms with van der Waals surface area (Å²) in [5.41, 5.74) is 1.06. The topological polar surface area (TPSA) is 82.1 Å². The van der Waals surface area contributed by atoms with Crippen LogP contribution in [0.15, 0.2) is 12.4 Å². The molecular formula is C12H23N5O. The average molecular weight is 253 g/mol. The van der Waals surface area contributed by atoms with Gasteiger partial charge in [-0.05, 0) is 13.8 Å². The molecule has 0 atom stereocenters. The number of rotatable bonds is 9. The van der Waals surface area contributed by atoms with Crippen LogP contribution in [0.3, 0.4) is 0 Å². The summed E-state index contributed by atoms with van der Waals surface area (Å²) in [4.78, 5) is 8.47. The lowest BCUT2D eigenvalue weighted by atomic mass is 10.3. The van der Waals surface area contributed by atoms with Gasteiger partial charge in [0.1, 0.15) is 0 Å². The zero-order valence-corrected chi connectivity index (χ0v) is 11.1. The van der Waals surface area contributed by atoms with E-state index in [0.717, 1.165) is 25.2 Å². The fraction of sp³-hybridized carbons (Fsp3) is 0.667. The first-order chi connectivity index (χ1) is 8.72. The normalized spacial score (nSPS) is 10.9. The molecule has 1 heterocycles. The highest BCUT2D eigenvalue weighted by molar-refractivity contribution is 5.25. The van der Waals surface area contributed by atoms with Crippen LogP contribution in [0.5, 0.6) is 0 Å². The molecule has 6 heteroatoms. The minimum absolute atomic E-state index is 0.179. The Morgan fingerprint density at radius 2 is 1.78 bits per heavy atom. The minimum Gasteiger partial charge on any atom is -0.395 e. The molecule has 0 aliphatic rings. The third-order valence-corrected chi connectivity index (χ3v) is 2.22. The molecule has 102 valence electrons. The van der Waals surface area contributed by atoms with E-state index < -0.39 is 0 Å². The molecule has 0 aliphatic heterocycles. The number of hydrogen-bond acceptors (Lipinski definition) is 6. The number of hydrogen-bond donors (Lipinski definition) is 4. The van der Waals surface area contributed by atoms with E-state index in [1.54, 1.807) is 0 Å². The summed E-state index contributed by atoms with van der Waals surface area (Å²) >= 11 is 0. The average Bonchev–Trinajstić information content (AvgIpc) is 2.35. The Morgan fingerprint density at radius 3 is 2.39 bits per heavy atom. The van der Waals surface area contributed by atoms with Crippen LogP contribution in [0, 0.1) is 0 Å². The molecule has 0 radical (unpaired) electrons. The molecule has 0 saturated heterocycles. The fourth-order valence-electron chi connectivity index (χ4n) is 1.39. The molecule has 1 aromatic rings. The second kappa shape index (κ2) is 8.79. The van der Waals surface area contributed by atoms with Crippen LogP contribution in [-0.4, -0.2) is 47.4 Å². The van der Waals surface area contributed by atoms with Crippen molar-refractivity contribution in [3.8, 4) is 0 Å². The van der Waals surface area contributed by atoms with Gasteiger partial charge in [0.2, 0.25) is 5.95 Å². The summed E-state index contributed by atoms with van der Waals surface area (Å²) in [5.74, 6) is 0.665. The Kier molecular flexibility index (Phi) is 7.24. The maximum Gasteiger partial charge on any atom is 0.222 e. The zero-order chi connectivity index (χ0) is 13.2. The van der Waals surface area contributed by atoms with Crippen LogP contribution >= 0.6 is 0 Å². The third kappa shape index (κ3) is 6.48. The molecule has 6 nitrogen and oxygen atoms in total. The maximum atomic E-state index is 8.58. The summed E-state index contributed by atoms with van der Waals surface area (Å²) in [6.45, 7) is 7.37. The first-order valence-electron chi connectivity index (χ1n) is 6.32. The first-order valence-corrected chi connectivity index (χ1v) is 6.32. The highest BCUT2D eigenvalue weighted by atomic mass is 16.3. The molecule has 0 aromatic carbocycles. The van der Waals surface area contributed by atoms with Gasteiger partial charge in [0, 0.05) is 50.2 Å². The summed E-state index contributed by atoms with van der Waals surface area (Å²) in [7, 11) is 0. The van der Waals surface area contributed by atoms with Crippen LogP contribution in [0.1, 0.15) is 19.4 Å². The van der Waals surface area contributed by atoms with Gasteiger partial charge in [-0.3, -0.25) is 0 Å². The number of nitrogens with zero attached hydrogens (tertiary/aromatic N) is 2. The minimum atomic E-state index is 0.179. The molecular weight excluding hydrogens is 230 g/mol. The number of anilines is 1. The number of nitrogens with one attached hydrogen (secondary N) is 3. The van der Waals surface area contributed by atoms with E-state index in [-0.39, 0.29) is 6.61 Å². The van der Waals surface area contributed by atoms with Crippen molar-refractivity contribution in [2.24, 2.45) is 0 Å². The fourth-order valence-corrected chi connectivity index (χ4v) is 1.39. The van der Waals surface area contributed by atoms with Gasteiger partial charge in [0.05, 0.1) is 6.61 Å². The Hall–Kier alpha value is -1.24. The summed E-state index contributed by atoms with van der Waals surface area (Å²) in [6.07, 6.45) is 3.65. The van der Waals surface area contributed by atoms with Crippen LogP contribution in [0.4, 0.5) is 5.95 Å². The van der Waals surface area contributed by atoms with Crippen molar-refractivity contribution in [3.05, 3.63) is 18.0 Å².